The van der Waals surface area contributed by atoms with Crippen LogP contribution in [-0.2, 0) is 4.74 Å². The maximum atomic E-state index is 13.2. The number of ether oxygens (including phenoxy) is 1. The van der Waals surface area contributed by atoms with E-state index in [1.165, 1.54) is 37.1 Å². The van der Waals surface area contributed by atoms with Crippen molar-refractivity contribution in [1.82, 2.24) is 9.78 Å². The van der Waals surface area contributed by atoms with Crippen LogP contribution < -0.4 is 0 Å². The van der Waals surface area contributed by atoms with Crippen LogP contribution in [0.5, 0.6) is 0 Å². The lowest BCUT2D eigenvalue weighted by Crippen LogP contribution is -2.03. The number of allylic oxidation sites excluding steroid dienone is 1. The van der Waals surface area contributed by atoms with Crippen LogP contribution in [0.3, 0.4) is 0 Å². The average Bonchev–Trinajstić information content (AvgIpc) is 3.45. The van der Waals surface area contributed by atoms with Crippen LogP contribution in [0.2, 0.25) is 0 Å². The number of nitro benzene ring substituents is 1. The predicted molar refractivity (Wildman–Crippen MR) is 132 cm³/mol. The fourth-order valence-corrected chi connectivity index (χ4v) is 4.80. The van der Waals surface area contributed by atoms with Gasteiger partial charge in [-0.05, 0) is 36.4 Å². The molecule has 3 aromatic carbocycles. The maximum Gasteiger partial charge on any atom is 0.337 e. The summed E-state index contributed by atoms with van der Waals surface area (Å²) in [5.74, 6) is -0.728. The molecule has 0 bridgehead atoms. The van der Waals surface area contributed by atoms with E-state index in [4.69, 9.17) is 4.74 Å². The zero-order chi connectivity index (χ0) is 24.5. The number of hydrogen-bond donors (Lipinski definition) is 0. The highest BCUT2D eigenvalue weighted by molar-refractivity contribution is 8.04. The number of thioether (sulfide) groups is 1. The van der Waals surface area contributed by atoms with Crippen LogP contribution in [0, 0.1) is 10.1 Å². The number of hydrogen-bond acceptors (Lipinski definition) is 7. The minimum atomic E-state index is -0.514. The van der Waals surface area contributed by atoms with Crippen molar-refractivity contribution < 1.29 is 19.2 Å². The molecule has 172 valence electrons. The van der Waals surface area contributed by atoms with Crippen LogP contribution in [0.15, 0.2) is 88.8 Å². The molecule has 2 heterocycles. The Labute approximate surface area is 204 Å². The van der Waals surface area contributed by atoms with Crippen molar-refractivity contribution in [1.29, 1.82) is 0 Å². The first-order valence-corrected chi connectivity index (χ1v) is 11.3. The van der Waals surface area contributed by atoms with Crippen LogP contribution in [0.25, 0.3) is 23.0 Å². The monoisotopic (exact) mass is 483 g/mol. The second-order valence-electron chi connectivity index (χ2n) is 7.66. The van der Waals surface area contributed by atoms with Crippen molar-refractivity contribution in [2.24, 2.45) is 0 Å². The van der Waals surface area contributed by atoms with Crippen molar-refractivity contribution in [3.8, 4) is 16.9 Å². The zero-order valence-corrected chi connectivity index (χ0v) is 19.2. The van der Waals surface area contributed by atoms with Gasteiger partial charge in [-0.15, -0.1) is 0 Å². The second kappa shape index (κ2) is 9.03. The van der Waals surface area contributed by atoms with Gasteiger partial charge in [-0.2, -0.15) is 5.10 Å². The molecule has 0 spiro atoms. The largest absolute Gasteiger partial charge is 0.465 e. The van der Waals surface area contributed by atoms with E-state index >= 15 is 0 Å². The number of para-hydroxylation sites is 1. The molecule has 0 saturated heterocycles. The molecule has 0 saturated carbocycles. The van der Waals surface area contributed by atoms with Crippen LogP contribution >= 0.6 is 11.8 Å². The number of nitro groups is 1. The van der Waals surface area contributed by atoms with E-state index in [2.05, 4.69) is 5.10 Å². The number of carbonyl (C=O) groups excluding carboxylic acids is 2. The molecule has 0 aliphatic carbocycles. The summed E-state index contributed by atoms with van der Waals surface area (Å²) in [4.78, 5) is 37.1. The quantitative estimate of drug-likeness (QED) is 0.158. The van der Waals surface area contributed by atoms with Crippen molar-refractivity contribution in [3.63, 3.8) is 0 Å². The number of rotatable bonds is 5. The number of non-ortho nitro benzene ring substituents is 1. The third kappa shape index (κ3) is 4.24. The number of nitrogens with zero attached hydrogens (tertiary/aromatic N) is 3. The van der Waals surface area contributed by atoms with Crippen LogP contribution in [0.4, 0.5) is 5.69 Å². The summed E-state index contributed by atoms with van der Waals surface area (Å²) in [5.41, 5.74) is 3.18. The number of aromatic nitrogens is 2. The SMILES string of the molecule is COC(=O)c1ccc2c(c1)C(=O)C(=Cc1cn(-c3ccccc3)nc1-c1cccc([N+](=O)[O-])c1)S2. The third-order valence-corrected chi connectivity index (χ3v) is 6.57. The topological polar surface area (TPSA) is 104 Å². The van der Waals surface area contributed by atoms with E-state index in [0.29, 0.717) is 32.9 Å². The molecule has 0 unspecified atom stereocenters. The van der Waals surface area contributed by atoms with Gasteiger partial charge in [0, 0.05) is 39.9 Å². The minimum Gasteiger partial charge on any atom is -0.465 e. The van der Waals surface area contributed by atoms with Gasteiger partial charge in [-0.3, -0.25) is 14.9 Å². The van der Waals surface area contributed by atoms with Gasteiger partial charge in [0.05, 0.1) is 28.2 Å². The lowest BCUT2D eigenvalue weighted by atomic mass is 10.0. The molecular weight excluding hydrogens is 466 g/mol. The highest BCUT2D eigenvalue weighted by Gasteiger charge is 2.28. The number of ketones is 1. The van der Waals surface area contributed by atoms with Gasteiger partial charge in [0.15, 0.2) is 0 Å². The summed E-state index contributed by atoms with van der Waals surface area (Å²) in [5, 5.41) is 16.0. The molecule has 1 aliphatic rings. The van der Waals surface area contributed by atoms with E-state index in [-0.39, 0.29) is 11.5 Å². The molecule has 0 fully saturated rings. The molecule has 0 amide bonds. The molecule has 4 aromatic rings. The summed E-state index contributed by atoms with van der Waals surface area (Å²) in [6, 6.07) is 20.5. The fraction of sp³-hybridized carbons (Fsp3) is 0.0385. The van der Waals surface area contributed by atoms with Gasteiger partial charge in [0.25, 0.3) is 5.69 Å². The number of fused-ring (bicyclic) bond motifs is 1. The Hall–Kier alpha value is -4.50. The number of benzene rings is 3. The molecule has 0 atom stereocenters. The highest BCUT2D eigenvalue weighted by atomic mass is 32.2. The van der Waals surface area contributed by atoms with Gasteiger partial charge in [0.1, 0.15) is 5.69 Å². The number of carbonyl (C=O) groups is 2. The van der Waals surface area contributed by atoms with Gasteiger partial charge in [-0.1, -0.05) is 42.1 Å². The van der Waals surface area contributed by atoms with Gasteiger partial charge in [0.2, 0.25) is 5.78 Å². The molecule has 5 rings (SSSR count). The predicted octanol–water partition coefficient (Wildman–Crippen LogP) is 5.56. The smallest absolute Gasteiger partial charge is 0.337 e. The average molecular weight is 484 g/mol. The van der Waals surface area contributed by atoms with Crippen LogP contribution in [0.1, 0.15) is 26.3 Å². The molecule has 8 nitrogen and oxygen atoms in total. The third-order valence-electron chi connectivity index (χ3n) is 5.47. The fourth-order valence-electron chi connectivity index (χ4n) is 3.77. The van der Waals surface area contributed by atoms with Crippen molar-refractivity contribution in [2.45, 2.75) is 4.90 Å². The number of Topliss-reactive ketones (excluding diaryl/α,β-unsaturated/α-hetero) is 1. The Morgan fingerprint density at radius 3 is 2.63 bits per heavy atom. The zero-order valence-electron chi connectivity index (χ0n) is 18.4. The first kappa shape index (κ1) is 22.3. The number of esters is 1. The lowest BCUT2D eigenvalue weighted by Gasteiger charge is -2.01. The first-order chi connectivity index (χ1) is 16.9. The van der Waals surface area contributed by atoms with Gasteiger partial charge in [-0.25, -0.2) is 9.48 Å². The van der Waals surface area contributed by atoms with Crippen molar-refractivity contribution >= 4 is 35.3 Å². The summed E-state index contributed by atoms with van der Waals surface area (Å²) in [6.45, 7) is 0. The molecular formula is C26H17N3O5S. The lowest BCUT2D eigenvalue weighted by molar-refractivity contribution is -0.384. The Morgan fingerprint density at radius 1 is 1.09 bits per heavy atom. The van der Waals surface area contributed by atoms with E-state index in [1.807, 2.05) is 30.3 Å². The molecule has 0 N–H and O–H groups in total. The summed E-state index contributed by atoms with van der Waals surface area (Å²) < 4.78 is 6.43. The van der Waals surface area contributed by atoms with E-state index < -0.39 is 10.9 Å². The standard InChI is InChI=1S/C26H17N3O5S/c1-34-26(31)17-10-11-22-21(13-17)25(30)23(35-22)14-18-15-28(19-7-3-2-4-8-19)27-24(18)16-6-5-9-20(12-16)29(32)33/h2-15H,1H3. The Morgan fingerprint density at radius 2 is 1.89 bits per heavy atom. The van der Waals surface area contributed by atoms with E-state index in [9.17, 15) is 19.7 Å². The molecule has 0 radical (unpaired) electrons. The Kier molecular flexibility index (Phi) is 5.76. The Balaban J connectivity index is 1.60. The molecule has 1 aromatic heterocycles. The molecule has 1 aliphatic heterocycles. The summed E-state index contributed by atoms with van der Waals surface area (Å²) in [6.07, 6.45) is 3.51. The first-order valence-electron chi connectivity index (χ1n) is 10.5. The summed E-state index contributed by atoms with van der Waals surface area (Å²) in [7, 11) is 1.29. The van der Waals surface area contributed by atoms with Gasteiger partial charge < -0.3 is 4.74 Å². The normalized spacial score (nSPS) is 13.6. The van der Waals surface area contributed by atoms with E-state index in [1.54, 1.807) is 41.2 Å². The Bertz CT molecular complexity index is 1530. The maximum absolute atomic E-state index is 13.2. The highest BCUT2D eigenvalue weighted by Crippen LogP contribution is 2.42. The second-order valence-corrected chi connectivity index (χ2v) is 8.75. The summed E-state index contributed by atoms with van der Waals surface area (Å²) >= 11 is 1.30. The van der Waals surface area contributed by atoms with Gasteiger partial charge >= 0.3 is 5.97 Å². The van der Waals surface area contributed by atoms with Crippen LogP contribution in [-0.4, -0.2) is 33.6 Å². The number of methoxy groups -OCH3 is 1. The van der Waals surface area contributed by atoms with Crippen molar-refractivity contribution in [2.75, 3.05) is 7.11 Å². The van der Waals surface area contributed by atoms with Crippen molar-refractivity contribution in [3.05, 3.63) is 111 Å². The van der Waals surface area contributed by atoms with E-state index in [0.717, 1.165) is 10.6 Å². The minimum absolute atomic E-state index is 0.0515. The molecule has 35 heavy (non-hydrogen) atoms. The molecule has 9 heteroatoms.